The molecule has 0 saturated heterocycles. The second-order valence-corrected chi connectivity index (χ2v) is 7.56. The zero-order chi connectivity index (χ0) is 21.6. The topological polar surface area (TPSA) is 92.3 Å². The highest BCUT2D eigenvalue weighted by Crippen LogP contribution is 2.29. The number of nitrogens with one attached hydrogen (secondary N) is 3. The number of fused-ring (bicyclic) bond motifs is 1. The summed E-state index contributed by atoms with van der Waals surface area (Å²) in [6.45, 7) is 2.39. The SMILES string of the molecule is CCOc1ccccc1NC(=O)Nc1ccc2nc(NC(=O)c3ccccc3)sc2c1. The van der Waals surface area contributed by atoms with Gasteiger partial charge in [-0.3, -0.25) is 10.1 Å². The van der Waals surface area contributed by atoms with Crippen LogP contribution in [0.5, 0.6) is 5.75 Å². The van der Waals surface area contributed by atoms with E-state index in [0.29, 0.717) is 34.4 Å². The van der Waals surface area contributed by atoms with E-state index in [1.165, 1.54) is 11.3 Å². The van der Waals surface area contributed by atoms with Gasteiger partial charge in [-0.25, -0.2) is 9.78 Å². The van der Waals surface area contributed by atoms with Crippen molar-refractivity contribution in [2.45, 2.75) is 6.92 Å². The van der Waals surface area contributed by atoms with Crippen LogP contribution in [-0.2, 0) is 0 Å². The fraction of sp³-hybridized carbons (Fsp3) is 0.0870. The van der Waals surface area contributed by atoms with Crippen molar-refractivity contribution in [3.05, 3.63) is 78.4 Å². The maximum Gasteiger partial charge on any atom is 0.323 e. The molecule has 0 aliphatic heterocycles. The summed E-state index contributed by atoms with van der Waals surface area (Å²) >= 11 is 1.34. The summed E-state index contributed by atoms with van der Waals surface area (Å²) in [5, 5.41) is 8.92. The molecule has 8 heteroatoms. The first-order valence-corrected chi connectivity index (χ1v) is 10.5. The zero-order valence-corrected chi connectivity index (χ0v) is 17.5. The van der Waals surface area contributed by atoms with Crippen LogP contribution >= 0.6 is 11.3 Å². The summed E-state index contributed by atoms with van der Waals surface area (Å²) in [6, 6.07) is 21.2. The van der Waals surface area contributed by atoms with E-state index in [9.17, 15) is 9.59 Å². The second-order valence-electron chi connectivity index (χ2n) is 6.53. The van der Waals surface area contributed by atoms with Crippen LogP contribution in [0, 0.1) is 0 Å². The summed E-state index contributed by atoms with van der Waals surface area (Å²) < 4.78 is 6.37. The van der Waals surface area contributed by atoms with Gasteiger partial charge in [-0.2, -0.15) is 0 Å². The molecule has 0 saturated carbocycles. The van der Waals surface area contributed by atoms with Gasteiger partial charge in [-0.1, -0.05) is 41.7 Å². The van der Waals surface area contributed by atoms with Crippen LogP contribution in [0.4, 0.5) is 21.3 Å². The van der Waals surface area contributed by atoms with Crippen LogP contribution in [0.25, 0.3) is 10.2 Å². The predicted molar refractivity (Wildman–Crippen MR) is 124 cm³/mol. The molecule has 0 fully saturated rings. The van der Waals surface area contributed by atoms with E-state index < -0.39 is 0 Å². The van der Waals surface area contributed by atoms with Gasteiger partial charge in [0, 0.05) is 11.3 Å². The van der Waals surface area contributed by atoms with Gasteiger partial charge in [0.25, 0.3) is 5.91 Å². The maximum atomic E-state index is 12.4. The van der Waals surface area contributed by atoms with Crippen LogP contribution in [0.3, 0.4) is 0 Å². The molecule has 4 aromatic rings. The third-order valence-electron chi connectivity index (χ3n) is 4.34. The van der Waals surface area contributed by atoms with E-state index >= 15 is 0 Å². The van der Waals surface area contributed by atoms with Crippen molar-refractivity contribution in [2.75, 3.05) is 22.6 Å². The number of benzene rings is 3. The fourth-order valence-electron chi connectivity index (χ4n) is 2.95. The molecule has 4 rings (SSSR count). The highest BCUT2D eigenvalue weighted by atomic mass is 32.1. The molecule has 0 aliphatic rings. The monoisotopic (exact) mass is 432 g/mol. The first-order chi connectivity index (χ1) is 15.1. The number of thiazole rings is 1. The van der Waals surface area contributed by atoms with Gasteiger partial charge in [0.2, 0.25) is 0 Å². The third-order valence-corrected chi connectivity index (χ3v) is 5.27. The molecule has 3 amide bonds. The normalized spacial score (nSPS) is 10.5. The van der Waals surface area contributed by atoms with Crippen LogP contribution in [0.1, 0.15) is 17.3 Å². The fourth-order valence-corrected chi connectivity index (χ4v) is 3.85. The Bertz CT molecular complexity index is 1220. The number of nitrogens with zero attached hydrogens (tertiary/aromatic N) is 1. The standard InChI is InChI=1S/C23H20N4O3S/c1-2-30-19-11-7-6-10-17(19)25-22(29)24-16-12-13-18-20(14-16)31-23(26-18)27-21(28)15-8-4-3-5-9-15/h3-14H,2H2,1H3,(H2,24,25,29)(H,26,27,28). The van der Waals surface area contributed by atoms with E-state index in [4.69, 9.17) is 4.74 Å². The van der Waals surface area contributed by atoms with Crippen LogP contribution in [0.15, 0.2) is 72.8 Å². The van der Waals surface area contributed by atoms with Gasteiger partial charge in [0.05, 0.1) is 22.5 Å². The summed E-state index contributed by atoms with van der Waals surface area (Å²) in [4.78, 5) is 29.2. The quantitative estimate of drug-likeness (QED) is 0.370. The van der Waals surface area contributed by atoms with E-state index in [2.05, 4.69) is 20.9 Å². The molecule has 0 spiro atoms. The summed E-state index contributed by atoms with van der Waals surface area (Å²) in [5.74, 6) is 0.391. The molecule has 3 aromatic carbocycles. The lowest BCUT2D eigenvalue weighted by atomic mass is 10.2. The number of hydrogen-bond acceptors (Lipinski definition) is 5. The average Bonchev–Trinajstić information content (AvgIpc) is 3.17. The smallest absolute Gasteiger partial charge is 0.323 e. The van der Waals surface area contributed by atoms with Crippen molar-refractivity contribution in [1.29, 1.82) is 0 Å². The van der Waals surface area contributed by atoms with E-state index in [-0.39, 0.29) is 11.9 Å². The van der Waals surface area contributed by atoms with Gasteiger partial charge >= 0.3 is 6.03 Å². The van der Waals surface area contributed by atoms with E-state index in [1.54, 1.807) is 36.4 Å². The number of aromatic nitrogens is 1. The first kappa shape index (κ1) is 20.4. The number of rotatable bonds is 6. The highest BCUT2D eigenvalue weighted by molar-refractivity contribution is 7.22. The Morgan fingerprint density at radius 3 is 2.52 bits per heavy atom. The molecule has 1 aromatic heterocycles. The lowest BCUT2D eigenvalue weighted by Gasteiger charge is -2.12. The molecule has 0 radical (unpaired) electrons. The minimum Gasteiger partial charge on any atom is -0.492 e. The Hall–Kier alpha value is -3.91. The highest BCUT2D eigenvalue weighted by Gasteiger charge is 2.12. The number of anilines is 3. The lowest BCUT2D eigenvalue weighted by molar-refractivity contribution is 0.102. The van der Waals surface area contributed by atoms with Gasteiger partial charge < -0.3 is 15.4 Å². The van der Waals surface area contributed by atoms with Crippen molar-refractivity contribution < 1.29 is 14.3 Å². The van der Waals surface area contributed by atoms with Crippen molar-refractivity contribution in [1.82, 2.24) is 4.98 Å². The minimum atomic E-state index is -0.381. The Morgan fingerprint density at radius 1 is 0.935 bits per heavy atom. The van der Waals surface area contributed by atoms with E-state index in [1.807, 2.05) is 43.3 Å². The maximum absolute atomic E-state index is 12.4. The molecule has 3 N–H and O–H groups in total. The Labute approximate surface area is 183 Å². The number of urea groups is 1. The molecule has 0 bridgehead atoms. The largest absolute Gasteiger partial charge is 0.492 e. The number of hydrogen-bond donors (Lipinski definition) is 3. The number of amides is 3. The van der Waals surface area contributed by atoms with Gasteiger partial charge in [-0.15, -0.1) is 0 Å². The number of para-hydroxylation sites is 2. The van der Waals surface area contributed by atoms with Crippen molar-refractivity contribution >= 4 is 50.0 Å². The van der Waals surface area contributed by atoms with Gasteiger partial charge in [0.1, 0.15) is 5.75 Å². The van der Waals surface area contributed by atoms with Crippen LogP contribution in [0.2, 0.25) is 0 Å². The number of carbonyl (C=O) groups excluding carboxylic acids is 2. The van der Waals surface area contributed by atoms with Crippen LogP contribution in [-0.4, -0.2) is 23.5 Å². The van der Waals surface area contributed by atoms with Crippen LogP contribution < -0.4 is 20.7 Å². The molecule has 0 atom stereocenters. The number of carbonyl (C=O) groups is 2. The molecule has 31 heavy (non-hydrogen) atoms. The van der Waals surface area contributed by atoms with Crippen molar-refractivity contribution in [3.8, 4) is 5.75 Å². The lowest BCUT2D eigenvalue weighted by Crippen LogP contribution is -2.19. The van der Waals surface area contributed by atoms with Gasteiger partial charge in [0.15, 0.2) is 5.13 Å². The number of ether oxygens (including phenoxy) is 1. The summed E-state index contributed by atoms with van der Waals surface area (Å²) in [7, 11) is 0. The molecule has 7 nitrogen and oxygen atoms in total. The molecular weight excluding hydrogens is 412 g/mol. The average molecular weight is 433 g/mol. The first-order valence-electron chi connectivity index (χ1n) is 9.69. The molecular formula is C23H20N4O3S. The molecule has 1 heterocycles. The molecule has 156 valence electrons. The van der Waals surface area contributed by atoms with Crippen molar-refractivity contribution in [2.24, 2.45) is 0 Å². The predicted octanol–water partition coefficient (Wildman–Crippen LogP) is 5.59. The Morgan fingerprint density at radius 2 is 1.71 bits per heavy atom. The Kier molecular flexibility index (Phi) is 6.09. The summed E-state index contributed by atoms with van der Waals surface area (Å²) in [6.07, 6.45) is 0. The van der Waals surface area contributed by atoms with Gasteiger partial charge in [-0.05, 0) is 49.4 Å². The summed E-state index contributed by atoms with van der Waals surface area (Å²) in [5.41, 5.74) is 2.50. The van der Waals surface area contributed by atoms with E-state index in [0.717, 1.165) is 10.2 Å². The second kappa shape index (κ2) is 9.27. The molecule has 0 unspecified atom stereocenters. The van der Waals surface area contributed by atoms with Crippen molar-refractivity contribution in [3.63, 3.8) is 0 Å². The zero-order valence-electron chi connectivity index (χ0n) is 16.7. The minimum absolute atomic E-state index is 0.217. The molecule has 0 aliphatic carbocycles. The third kappa shape index (κ3) is 4.99. The Balaban J connectivity index is 1.44.